The minimum atomic E-state index is 0.117. The van der Waals surface area contributed by atoms with E-state index in [1.54, 1.807) is 12.5 Å². The van der Waals surface area contributed by atoms with Gasteiger partial charge in [-0.05, 0) is 12.5 Å². The topological polar surface area (TPSA) is 51.2 Å². The van der Waals surface area contributed by atoms with Crippen molar-refractivity contribution in [2.45, 2.75) is 12.5 Å². The summed E-state index contributed by atoms with van der Waals surface area (Å²) < 4.78 is 4.91. The molecule has 0 bridgehead atoms. The van der Waals surface area contributed by atoms with E-state index >= 15 is 0 Å². The summed E-state index contributed by atoms with van der Waals surface area (Å²) in [4.78, 5) is 0. The van der Waals surface area contributed by atoms with E-state index in [0.29, 0.717) is 0 Å². The molecular weight excluding hydrogens is 140 g/mol. The van der Waals surface area contributed by atoms with Crippen molar-refractivity contribution in [3.8, 4) is 0 Å². The second-order valence-electron chi connectivity index (χ2n) is 2.30. The Bertz CT molecular complexity index is 206. The van der Waals surface area contributed by atoms with Gasteiger partial charge in [0.05, 0.1) is 18.6 Å². The molecule has 0 fully saturated rings. The van der Waals surface area contributed by atoms with Gasteiger partial charge in [0.25, 0.3) is 0 Å². The molecule has 1 unspecified atom stereocenters. The van der Waals surface area contributed by atoms with Crippen LogP contribution in [-0.2, 0) is 0 Å². The summed E-state index contributed by atoms with van der Waals surface area (Å²) in [5.74, 6) is 5.31. The molecule has 0 aliphatic rings. The van der Waals surface area contributed by atoms with Crippen LogP contribution >= 0.6 is 0 Å². The van der Waals surface area contributed by atoms with E-state index in [0.717, 1.165) is 12.0 Å². The lowest BCUT2D eigenvalue weighted by molar-refractivity contribution is 0.531. The second-order valence-corrected chi connectivity index (χ2v) is 2.30. The molecule has 1 atom stereocenters. The third kappa shape index (κ3) is 1.93. The van der Waals surface area contributed by atoms with E-state index in [-0.39, 0.29) is 6.04 Å². The number of hydrogen-bond acceptors (Lipinski definition) is 3. The molecule has 60 valence electrons. The smallest absolute Gasteiger partial charge is 0.0950 e. The van der Waals surface area contributed by atoms with E-state index in [4.69, 9.17) is 10.3 Å². The van der Waals surface area contributed by atoms with Crippen LogP contribution in [0.2, 0.25) is 0 Å². The summed E-state index contributed by atoms with van der Waals surface area (Å²) >= 11 is 0. The van der Waals surface area contributed by atoms with Gasteiger partial charge in [0.1, 0.15) is 0 Å². The third-order valence-electron chi connectivity index (χ3n) is 1.55. The minimum absolute atomic E-state index is 0.117. The highest BCUT2D eigenvalue weighted by atomic mass is 16.3. The lowest BCUT2D eigenvalue weighted by Gasteiger charge is -2.10. The molecule has 0 saturated heterocycles. The Balaban J connectivity index is 2.62. The molecule has 1 heterocycles. The van der Waals surface area contributed by atoms with Gasteiger partial charge in [-0.2, -0.15) is 0 Å². The Morgan fingerprint density at radius 3 is 3.09 bits per heavy atom. The summed E-state index contributed by atoms with van der Waals surface area (Å²) in [6.45, 7) is 3.63. The molecule has 3 N–H and O–H groups in total. The van der Waals surface area contributed by atoms with E-state index in [1.165, 1.54) is 0 Å². The van der Waals surface area contributed by atoms with Gasteiger partial charge in [0.2, 0.25) is 0 Å². The van der Waals surface area contributed by atoms with Gasteiger partial charge >= 0.3 is 0 Å². The first-order valence-electron chi connectivity index (χ1n) is 3.47. The van der Waals surface area contributed by atoms with Crippen LogP contribution in [0.3, 0.4) is 0 Å². The molecule has 1 aromatic heterocycles. The first kappa shape index (κ1) is 8.04. The van der Waals surface area contributed by atoms with Gasteiger partial charge < -0.3 is 4.42 Å². The van der Waals surface area contributed by atoms with E-state index < -0.39 is 0 Å². The molecule has 11 heavy (non-hydrogen) atoms. The first-order chi connectivity index (χ1) is 5.38. The van der Waals surface area contributed by atoms with E-state index in [2.05, 4.69) is 12.0 Å². The maximum absolute atomic E-state index is 5.31. The zero-order chi connectivity index (χ0) is 8.10. The lowest BCUT2D eigenvalue weighted by atomic mass is 10.1. The number of furan rings is 1. The van der Waals surface area contributed by atoms with E-state index in [9.17, 15) is 0 Å². The molecule has 1 rings (SSSR count). The fourth-order valence-corrected chi connectivity index (χ4v) is 0.940. The Hall–Kier alpha value is -1.06. The van der Waals surface area contributed by atoms with Gasteiger partial charge in [0.15, 0.2) is 0 Å². The highest BCUT2D eigenvalue weighted by Crippen LogP contribution is 2.15. The predicted molar refractivity (Wildman–Crippen MR) is 43.6 cm³/mol. The molecule has 0 aliphatic heterocycles. The van der Waals surface area contributed by atoms with Crippen LogP contribution in [0.15, 0.2) is 35.7 Å². The fraction of sp³-hybridized carbons (Fsp3) is 0.250. The van der Waals surface area contributed by atoms with Crippen LogP contribution in [0.4, 0.5) is 0 Å². The van der Waals surface area contributed by atoms with E-state index in [1.807, 2.05) is 12.1 Å². The average molecular weight is 152 g/mol. The summed E-state index contributed by atoms with van der Waals surface area (Å²) in [6, 6.07) is 2.00. The van der Waals surface area contributed by atoms with Crippen LogP contribution in [-0.4, -0.2) is 0 Å². The standard InChI is InChI=1S/C8H12N2O/c1-2-3-8(10-9)7-4-5-11-6-7/h2,4-6,8,10H,1,3,9H2. The minimum Gasteiger partial charge on any atom is -0.472 e. The second kappa shape index (κ2) is 3.95. The fourth-order valence-electron chi connectivity index (χ4n) is 0.940. The highest BCUT2D eigenvalue weighted by molar-refractivity contribution is 5.12. The third-order valence-corrected chi connectivity index (χ3v) is 1.55. The summed E-state index contributed by atoms with van der Waals surface area (Å²) in [6.07, 6.45) is 5.92. The van der Waals surface area contributed by atoms with Gasteiger partial charge in [-0.1, -0.05) is 6.08 Å². The Morgan fingerprint density at radius 2 is 2.64 bits per heavy atom. The Morgan fingerprint density at radius 1 is 1.82 bits per heavy atom. The monoisotopic (exact) mass is 152 g/mol. The number of hydrogen-bond donors (Lipinski definition) is 2. The maximum Gasteiger partial charge on any atom is 0.0950 e. The van der Waals surface area contributed by atoms with Crippen molar-refractivity contribution in [2.24, 2.45) is 5.84 Å². The van der Waals surface area contributed by atoms with Gasteiger partial charge in [-0.3, -0.25) is 11.3 Å². The van der Waals surface area contributed by atoms with Crippen LogP contribution in [0.5, 0.6) is 0 Å². The maximum atomic E-state index is 5.31. The largest absolute Gasteiger partial charge is 0.472 e. The molecule has 0 aromatic carbocycles. The van der Waals surface area contributed by atoms with Crippen molar-refractivity contribution in [3.63, 3.8) is 0 Å². The molecule has 0 aliphatic carbocycles. The highest BCUT2D eigenvalue weighted by Gasteiger charge is 2.07. The van der Waals surface area contributed by atoms with Gasteiger partial charge in [-0.15, -0.1) is 6.58 Å². The van der Waals surface area contributed by atoms with Gasteiger partial charge in [0, 0.05) is 5.56 Å². The van der Waals surface area contributed by atoms with Crippen molar-refractivity contribution >= 4 is 0 Å². The SMILES string of the molecule is C=CCC(NN)c1ccoc1. The number of rotatable bonds is 4. The summed E-state index contributed by atoms with van der Waals surface area (Å²) in [7, 11) is 0. The zero-order valence-electron chi connectivity index (χ0n) is 6.29. The van der Waals surface area contributed by atoms with Gasteiger partial charge in [-0.25, -0.2) is 0 Å². The van der Waals surface area contributed by atoms with Crippen molar-refractivity contribution in [3.05, 3.63) is 36.8 Å². The molecule has 0 amide bonds. The van der Waals surface area contributed by atoms with Crippen molar-refractivity contribution in [1.29, 1.82) is 0 Å². The normalized spacial score (nSPS) is 12.8. The van der Waals surface area contributed by atoms with Crippen LogP contribution < -0.4 is 11.3 Å². The molecule has 3 heteroatoms. The molecule has 0 spiro atoms. The lowest BCUT2D eigenvalue weighted by Crippen LogP contribution is -2.27. The number of hydrazine groups is 1. The molecule has 0 saturated carbocycles. The molecular formula is C8H12N2O. The quantitative estimate of drug-likeness (QED) is 0.389. The summed E-state index contributed by atoms with van der Waals surface area (Å²) in [5.41, 5.74) is 3.72. The van der Waals surface area contributed by atoms with Crippen LogP contribution in [0, 0.1) is 0 Å². The number of nitrogens with two attached hydrogens (primary N) is 1. The average Bonchev–Trinajstić information content (AvgIpc) is 2.52. The first-order valence-corrected chi connectivity index (χ1v) is 3.47. The molecule has 0 radical (unpaired) electrons. The van der Waals surface area contributed by atoms with Crippen LogP contribution in [0.1, 0.15) is 18.0 Å². The predicted octanol–water partition coefficient (Wildman–Crippen LogP) is 1.36. The number of nitrogens with one attached hydrogen (secondary N) is 1. The van der Waals surface area contributed by atoms with Crippen molar-refractivity contribution in [1.82, 2.24) is 5.43 Å². The van der Waals surface area contributed by atoms with Crippen molar-refractivity contribution < 1.29 is 4.42 Å². The molecule has 1 aromatic rings. The van der Waals surface area contributed by atoms with Crippen LogP contribution in [0.25, 0.3) is 0 Å². The Kier molecular flexibility index (Phi) is 2.89. The zero-order valence-corrected chi connectivity index (χ0v) is 6.29. The Labute approximate surface area is 65.9 Å². The summed E-state index contributed by atoms with van der Waals surface area (Å²) in [5, 5.41) is 0. The van der Waals surface area contributed by atoms with Crippen molar-refractivity contribution in [2.75, 3.05) is 0 Å². The molecule has 3 nitrogen and oxygen atoms in total.